The van der Waals surface area contributed by atoms with Crippen LogP contribution in [-0.4, -0.2) is 23.4 Å². The molecule has 2 N–H and O–H groups in total. The molecule has 2 rings (SSSR count). The third kappa shape index (κ3) is 1.53. The van der Waals surface area contributed by atoms with Gasteiger partial charge in [0.2, 0.25) is 5.91 Å². The molecule has 0 aliphatic carbocycles. The number of non-ortho nitro benzene ring substituents is 1. The molecule has 6 nitrogen and oxygen atoms in total. The quantitative estimate of drug-likeness (QED) is 0.449. The summed E-state index contributed by atoms with van der Waals surface area (Å²) in [4.78, 5) is 23.0. The van der Waals surface area contributed by atoms with Gasteiger partial charge in [0.25, 0.3) is 5.69 Å². The van der Waals surface area contributed by atoms with Crippen LogP contribution < -0.4 is 10.6 Å². The Kier molecular flexibility index (Phi) is 2.35. The van der Waals surface area contributed by atoms with Crippen molar-refractivity contribution >= 4 is 17.3 Å². The molecule has 1 aliphatic heterocycles. The van der Waals surface area contributed by atoms with Crippen LogP contribution in [0, 0.1) is 17.0 Å². The first-order chi connectivity index (χ1) is 7.50. The maximum Gasteiger partial charge on any atom is 0.269 e. The summed E-state index contributed by atoms with van der Waals surface area (Å²) in [5.41, 5.74) is 6.90. The average molecular weight is 221 g/mol. The minimum absolute atomic E-state index is 0.0264. The van der Waals surface area contributed by atoms with Crippen molar-refractivity contribution in [1.82, 2.24) is 0 Å². The molecule has 1 amide bonds. The van der Waals surface area contributed by atoms with Crippen LogP contribution in [0.3, 0.4) is 0 Å². The highest BCUT2D eigenvalue weighted by atomic mass is 16.6. The van der Waals surface area contributed by atoms with Crippen LogP contribution in [0.25, 0.3) is 0 Å². The molecule has 1 atom stereocenters. The van der Waals surface area contributed by atoms with E-state index in [1.54, 1.807) is 13.0 Å². The second-order valence-electron chi connectivity index (χ2n) is 3.78. The van der Waals surface area contributed by atoms with Gasteiger partial charge >= 0.3 is 0 Å². The largest absolute Gasteiger partial charge is 0.318 e. The molecule has 1 heterocycles. The molecule has 1 aromatic rings. The van der Waals surface area contributed by atoms with Gasteiger partial charge in [0.15, 0.2) is 0 Å². The first-order valence-corrected chi connectivity index (χ1v) is 4.82. The summed E-state index contributed by atoms with van der Waals surface area (Å²) in [6.45, 7) is 2.21. The van der Waals surface area contributed by atoms with Gasteiger partial charge < -0.3 is 10.6 Å². The zero-order valence-electron chi connectivity index (χ0n) is 8.71. The van der Waals surface area contributed by atoms with Gasteiger partial charge in [-0.2, -0.15) is 0 Å². The highest BCUT2D eigenvalue weighted by Gasteiger charge is 2.35. The number of β-lactam (4-membered cyclic amide) rings is 1. The van der Waals surface area contributed by atoms with Gasteiger partial charge in [-0.15, -0.1) is 0 Å². The van der Waals surface area contributed by atoms with Gasteiger partial charge in [0, 0.05) is 17.8 Å². The fourth-order valence-corrected chi connectivity index (χ4v) is 1.73. The number of carbonyl (C=O) groups is 1. The van der Waals surface area contributed by atoms with Gasteiger partial charge in [0.1, 0.15) is 6.04 Å². The zero-order chi connectivity index (χ0) is 11.9. The first kappa shape index (κ1) is 10.6. The van der Waals surface area contributed by atoms with Crippen LogP contribution in [0.15, 0.2) is 18.2 Å². The van der Waals surface area contributed by atoms with E-state index in [-0.39, 0.29) is 11.6 Å². The lowest BCUT2D eigenvalue weighted by Crippen LogP contribution is -2.61. The van der Waals surface area contributed by atoms with Crippen molar-refractivity contribution < 1.29 is 9.72 Å². The molecular formula is C10H11N3O3. The van der Waals surface area contributed by atoms with Gasteiger partial charge in [-0.05, 0) is 18.6 Å². The molecule has 1 aromatic carbocycles. The third-order valence-corrected chi connectivity index (χ3v) is 2.64. The molecule has 6 heteroatoms. The third-order valence-electron chi connectivity index (χ3n) is 2.64. The topological polar surface area (TPSA) is 89.5 Å². The SMILES string of the molecule is Cc1cc([N+](=O)[O-])ccc1N1CC(N)C1=O. The molecule has 84 valence electrons. The molecular weight excluding hydrogens is 210 g/mol. The first-order valence-electron chi connectivity index (χ1n) is 4.82. The van der Waals surface area contributed by atoms with Crippen LogP contribution in [0.5, 0.6) is 0 Å². The predicted molar refractivity (Wildman–Crippen MR) is 58.2 cm³/mol. The number of amides is 1. The lowest BCUT2D eigenvalue weighted by Gasteiger charge is -2.36. The van der Waals surface area contributed by atoms with E-state index in [0.29, 0.717) is 17.8 Å². The number of anilines is 1. The highest BCUT2D eigenvalue weighted by molar-refractivity contribution is 6.04. The van der Waals surface area contributed by atoms with E-state index in [4.69, 9.17) is 5.73 Å². The van der Waals surface area contributed by atoms with Crippen LogP contribution >= 0.6 is 0 Å². The van der Waals surface area contributed by atoms with Crippen molar-refractivity contribution in [2.45, 2.75) is 13.0 Å². The fraction of sp³-hybridized carbons (Fsp3) is 0.300. The maximum atomic E-state index is 11.4. The Balaban J connectivity index is 2.30. The number of nitro benzene ring substituents is 1. The molecule has 0 radical (unpaired) electrons. The van der Waals surface area contributed by atoms with Crippen LogP contribution in [0.1, 0.15) is 5.56 Å². The molecule has 1 saturated heterocycles. The molecule has 1 fully saturated rings. The maximum absolute atomic E-state index is 11.4. The van der Waals surface area contributed by atoms with E-state index in [2.05, 4.69) is 0 Å². The number of nitrogens with zero attached hydrogens (tertiary/aromatic N) is 2. The number of hydrogen-bond acceptors (Lipinski definition) is 4. The van der Waals surface area contributed by atoms with Gasteiger partial charge in [-0.1, -0.05) is 0 Å². The van der Waals surface area contributed by atoms with Crippen molar-refractivity contribution in [3.05, 3.63) is 33.9 Å². The number of aryl methyl sites for hydroxylation is 1. The standard InChI is InChI=1S/C10H11N3O3/c1-6-4-7(13(15)16)2-3-9(6)12-5-8(11)10(12)14/h2-4,8H,5,11H2,1H3. The van der Waals surface area contributed by atoms with Crippen molar-refractivity contribution in [2.75, 3.05) is 11.4 Å². The number of hydrogen-bond donors (Lipinski definition) is 1. The molecule has 1 aliphatic rings. The Morgan fingerprint density at radius 2 is 2.25 bits per heavy atom. The van der Waals surface area contributed by atoms with Crippen LogP contribution in [-0.2, 0) is 4.79 Å². The average Bonchev–Trinajstić information content (AvgIpc) is 2.26. The molecule has 0 bridgehead atoms. The van der Waals surface area contributed by atoms with E-state index in [0.717, 1.165) is 0 Å². The Bertz CT molecular complexity index is 472. The normalized spacial score (nSPS) is 19.5. The summed E-state index contributed by atoms with van der Waals surface area (Å²) in [5, 5.41) is 10.5. The van der Waals surface area contributed by atoms with Gasteiger partial charge in [-0.25, -0.2) is 0 Å². The van der Waals surface area contributed by atoms with E-state index >= 15 is 0 Å². The van der Waals surface area contributed by atoms with Crippen molar-refractivity contribution in [3.8, 4) is 0 Å². The lowest BCUT2D eigenvalue weighted by atomic mass is 10.0. The number of nitro groups is 1. The Morgan fingerprint density at radius 3 is 2.69 bits per heavy atom. The van der Waals surface area contributed by atoms with Gasteiger partial charge in [-0.3, -0.25) is 14.9 Å². The fourth-order valence-electron chi connectivity index (χ4n) is 1.73. The summed E-state index contributed by atoms with van der Waals surface area (Å²) in [6.07, 6.45) is 0. The van der Waals surface area contributed by atoms with Crippen molar-refractivity contribution in [1.29, 1.82) is 0 Å². The molecule has 1 unspecified atom stereocenters. The second kappa shape index (κ2) is 3.57. The van der Waals surface area contributed by atoms with E-state index < -0.39 is 11.0 Å². The minimum atomic E-state index is -0.458. The van der Waals surface area contributed by atoms with E-state index in [1.165, 1.54) is 17.0 Å². The predicted octanol–water partition coefficient (Wildman–Crippen LogP) is 0.577. The highest BCUT2D eigenvalue weighted by Crippen LogP contribution is 2.28. The zero-order valence-corrected chi connectivity index (χ0v) is 8.71. The Hall–Kier alpha value is -1.95. The van der Waals surface area contributed by atoms with Crippen molar-refractivity contribution in [3.63, 3.8) is 0 Å². The lowest BCUT2D eigenvalue weighted by molar-refractivity contribution is -0.384. The summed E-state index contributed by atoms with van der Waals surface area (Å²) in [5.74, 6) is -0.142. The number of nitrogens with two attached hydrogens (primary N) is 1. The Labute approximate surface area is 91.8 Å². The van der Waals surface area contributed by atoms with Gasteiger partial charge in [0.05, 0.1) is 11.5 Å². The second-order valence-corrected chi connectivity index (χ2v) is 3.78. The van der Waals surface area contributed by atoms with Crippen molar-refractivity contribution in [2.24, 2.45) is 5.73 Å². The number of rotatable bonds is 2. The summed E-state index contributed by atoms with van der Waals surface area (Å²) < 4.78 is 0. The molecule has 16 heavy (non-hydrogen) atoms. The smallest absolute Gasteiger partial charge is 0.269 e. The molecule has 0 saturated carbocycles. The summed E-state index contributed by atoms with van der Waals surface area (Å²) in [6, 6.07) is 3.98. The van der Waals surface area contributed by atoms with Crippen LogP contribution in [0.2, 0.25) is 0 Å². The monoisotopic (exact) mass is 221 g/mol. The number of benzene rings is 1. The van der Waals surface area contributed by atoms with E-state index in [1.807, 2.05) is 0 Å². The number of carbonyl (C=O) groups excluding carboxylic acids is 1. The summed E-state index contributed by atoms with van der Waals surface area (Å²) in [7, 11) is 0. The summed E-state index contributed by atoms with van der Waals surface area (Å²) >= 11 is 0. The molecule has 0 aromatic heterocycles. The van der Waals surface area contributed by atoms with Crippen LogP contribution in [0.4, 0.5) is 11.4 Å². The van der Waals surface area contributed by atoms with E-state index in [9.17, 15) is 14.9 Å². The molecule has 0 spiro atoms. The Morgan fingerprint density at radius 1 is 1.56 bits per heavy atom. The minimum Gasteiger partial charge on any atom is -0.318 e.